The van der Waals surface area contributed by atoms with Crippen LogP contribution in [0.15, 0.2) is 18.2 Å². The van der Waals surface area contributed by atoms with Crippen molar-refractivity contribution in [1.29, 1.82) is 0 Å². The van der Waals surface area contributed by atoms with Gasteiger partial charge in [0.1, 0.15) is 5.56 Å². The summed E-state index contributed by atoms with van der Waals surface area (Å²) in [4.78, 5) is 31.2. The maximum absolute atomic E-state index is 12.9. The van der Waals surface area contributed by atoms with Crippen molar-refractivity contribution in [2.45, 2.75) is 17.7 Å². The maximum atomic E-state index is 12.9. The van der Waals surface area contributed by atoms with Gasteiger partial charge < -0.3 is 4.74 Å². The van der Waals surface area contributed by atoms with Crippen molar-refractivity contribution in [1.82, 2.24) is 0 Å². The van der Waals surface area contributed by atoms with Crippen LogP contribution in [0, 0.1) is 20.2 Å². The fourth-order valence-corrected chi connectivity index (χ4v) is 3.02. The van der Waals surface area contributed by atoms with Crippen molar-refractivity contribution in [3.63, 3.8) is 0 Å². The third-order valence-corrected chi connectivity index (χ3v) is 4.54. The molecule has 0 aliphatic carbocycles. The third kappa shape index (κ3) is 3.84. The van der Waals surface area contributed by atoms with E-state index in [0.717, 1.165) is 13.0 Å². The Morgan fingerprint density at radius 3 is 1.96 bits per heavy atom. The zero-order valence-corrected chi connectivity index (χ0v) is 13.0. The number of nitro benzene ring substituents is 2. The molecule has 0 aliphatic heterocycles. The molecule has 1 aromatic carbocycles. The van der Waals surface area contributed by atoms with Crippen molar-refractivity contribution in [2.75, 3.05) is 6.61 Å². The standard InChI is InChI=1S/C11H9F3N2O8S/c1-2-24-10(17)9(25(22,23)11(12,13)14)8-6(15(18)19)4-3-5-7(8)16(20)21/h3-5,9H,2H2,1H3. The summed E-state index contributed by atoms with van der Waals surface area (Å²) < 4.78 is 66.4. The van der Waals surface area contributed by atoms with Gasteiger partial charge >= 0.3 is 11.5 Å². The van der Waals surface area contributed by atoms with E-state index in [0.29, 0.717) is 12.1 Å². The SMILES string of the molecule is CCOC(=O)C(c1c([N+](=O)[O-])cccc1[N+](=O)[O-])S(=O)(=O)C(F)(F)F. The molecule has 0 bridgehead atoms. The highest BCUT2D eigenvalue weighted by atomic mass is 32.2. The third-order valence-electron chi connectivity index (χ3n) is 2.85. The molecule has 0 radical (unpaired) electrons. The molecule has 0 saturated heterocycles. The molecule has 1 atom stereocenters. The number of alkyl halides is 3. The van der Waals surface area contributed by atoms with Crippen LogP contribution in [0.3, 0.4) is 0 Å². The van der Waals surface area contributed by atoms with Crippen LogP contribution in [0.1, 0.15) is 17.7 Å². The summed E-state index contributed by atoms with van der Waals surface area (Å²) in [7, 11) is -6.41. The number of carbonyl (C=O) groups is 1. The van der Waals surface area contributed by atoms with Crippen LogP contribution in [0.5, 0.6) is 0 Å². The summed E-state index contributed by atoms with van der Waals surface area (Å²) in [6, 6.07) is 1.85. The van der Waals surface area contributed by atoms with Crippen LogP contribution < -0.4 is 0 Å². The molecule has 0 heterocycles. The van der Waals surface area contributed by atoms with E-state index >= 15 is 0 Å². The zero-order chi connectivity index (χ0) is 19.6. The molecule has 10 nitrogen and oxygen atoms in total. The molecule has 0 fully saturated rings. The van der Waals surface area contributed by atoms with Gasteiger partial charge in [-0.15, -0.1) is 0 Å². The number of halogens is 3. The number of esters is 1. The van der Waals surface area contributed by atoms with E-state index in [1.165, 1.54) is 0 Å². The summed E-state index contributed by atoms with van der Waals surface area (Å²) in [6.07, 6.45) is 0. The van der Waals surface area contributed by atoms with Crippen LogP contribution >= 0.6 is 0 Å². The first kappa shape index (κ1) is 20.3. The van der Waals surface area contributed by atoms with Crippen molar-refractivity contribution < 1.29 is 41.0 Å². The number of carbonyl (C=O) groups excluding carboxylic acids is 1. The number of nitrogens with zero attached hydrogens (tertiary/aromatic N) is 2. The minimum atomic E-state index is -6.41. The Morgan fingerprint density at radius 2 is 1.64 bits per heavy atom. The molecule has 0 amide bonds. The monoisotopic (exact) mass is 386 g/mol. The normalized spacial score (nSPS) is 13.1. The molecule has 1 aromatic rings. The van der Waals surface area contributed by atoms with Crippen molar-refractivity contribution in [3.8, 4) is 0 Å². The van der Waals surface area contributed by atoms with E-state index in [9.17, 15) is 46.6 Å². The van der Waals surface area contributed by atoms with Gasteiger partial charge in [0, 0.05) is 12.1 Å². The first-order valence-corrected chi connectivity index (χ1v) is 7.79. The van der Waals surface area contributed by atoms with Gasteiger partial charge in [0.15, 0.2) is 0 Å². The molecule has 14 heteroatoms. The quantitative estimate of drug-likeness (QED) is 0.410. The molecule has 138 valence electrons. The second-order valence-electron chi connectivity index (χ2n) is 4.35. The Morgan fingerprint density at radius 1 is 1.20 bits per heavy atom. The summed E-state index contributed by atoms with van der Waals surface area (Å²) in [5.74, 6) is -2.02. The highest BCUT2D eigenvalue weighted by Crippen LogP contribution is 2.43. The molecule has 0 N–H and O–H groups in total. The number of sulfone groups is 1. The Kier molecular flexibility index (Phi) is 5.68. The molecule has 25 heavy (non-hydrogen) atoms. The van der Waals surface area contributed by atoms with E-state index in [2.05, 4.69) is 4.74 Å². The van der Waals surface area contributed by atoms with Gasteiger partial charge in [-0.1, -0.05) is 0 Å². The van der Waals surface area contributed by atoms with Crippen molar-refractivity contribution >= 4 is 27.2 Å². The number of nitro groups is 2. The minimum Gasteiger partial charge on any atom is -0.465 e. The summed E-state index contributed by atoms with van der Waals surface area (Å²) in [5.41, 5.74) is -10.2. The fourth-order valence-electron chi connectivity index (χ4n) is 1.88. The van der Waals surface area contributed by atoms with Crippen LogP contribution in [0.25, 0.3) is 0 Å². The number of benzene rings is 1. The molecule has 0 saturated carbocycles. The maximum Gasteiger partial charge on any atom is 0.498 e. The van der Waals surface area contributed by atoms with Crippen molar-refractivity contribution in [3.05, 3.63) is 44.0 Å². The van der Waals surface area contributed by atoms with Crippen LogP contribution in [-0.4, -0.2) is 36.3 Å². The largest absolute Gasteiger partial charge is 0.498 e. The van der Waals surface area contributed by atoms with Gasteiger partial charge in [0.2, 0.25) is 5.25 Å². The van der Waals surface area contributed by atoms with Crippen molar-refractivity contribution in [2.24, 2.45) is 0 Å². The molecule has 0 aromatic heterocycles. The predicted octanol–water partition coefficient (Wildman–Crippen LogP) is 2.04. The molecule has 1 unspecified atom stereocenters. The highest BCUT2D eigenvalue weighted by molar-refractivity contribution is 7.93. The lowest BCUT2D eigenvalue weighted by atomic mass is 10.1. The summed E-state index contributed by atoms with van der Waals surface area (Å²) in [5, 5.41) is 18.7. The van der Waals surface area contributed by atoms with Gasteiger partial charge in [-0.25, -0.2) is 8.42 Å². The Labute approximate surface area is 137 Å². The first-order valence-electron chi connectivity index (χ1n) is 6.24. The second-order valence-corrected chi connectivity index (χ2v) is 6.37. The molecular formula is C11H9F3N2O8S. The number of hydrogen-bond donors (Lipinski definition) is 0. The molecule has 1 rings (SSSR count). The van der Waals surface area contributed by atoms with Gasteiger partial charge in [0.05, 0.1) is 16.5 Å². The Balaban J connectivity index is 3.93. The van der Waals surface area contributed by atoms with E-state index in [1.807, 2.05) is 0 Å². The lowest BCUT2D eigenvalue weighted by molar-refractivity contribution is -0.395. The van der Waals surface area contributed by atoms with Crippen LogP contribution in [-0.2, 0) is 19.4 Å². The number of ether oxygens (including phenoxy) is 1. The smallest absolute Gasteiger partial charge is 0.465 e. The van der Waals surface area contributed by atoms with Gasteiger partial charge in [-0.05, 0) is 13.0 Å². The molecular weight excluding hydrogens is 377 g/mol. The van der Waals surface area contributed by atoms with E-state index in [-0.39, 0.29) is 0 Å². The van der Waals surface area contributed by atoms with Crippen LogP contribution in [0.4, 0.5) is 24.5 Å². The Hall–Kier alpha value is -2.77. The number of rotatable bonds is 6. The lowest BCUT2D eigenvalue weighted by Gasteiger charge is -2.18. The van der Waals surface area contributed by atoms with Gasteiger partial charge in [-0.2, -0.15) is 13.2 Å². The predicted molar refractivity (Wildman–Crippen MR) is 74.1 cm³/mol. The first-order chi connectivity index (χ1) is 11.4. The van der Waals surface area contributed by atoms with E-state index < -0.39 is 60.0 Å². The molecule has 0 spiro atoms. The van der Waals surface area contributed by atoms with Gasteiger partial charge in [0.25, 0.3) is 21.2 Å². The van der Waals surface area contributed by atoms with Gasteiger partial charge in [-0.3, -0.25) is 25.0 Å². The zero-order valence-electron chi connectivity index (χ0n) is 12.2. The Bertz CT molecular complexity index is 789. The summed E-state index contributed by atoms with van der Waals surface area (Å²) >= 11 is 0. The van der Waals surface area contributed by atoms with Crippen LogP contribution in [0.2, 0.25) is 0 Å². The highest BCUT2D eigenvalue weighted by Gasteiger charge is 2.58. The topological polar surface area (TPSA) is 147 Å². The number of hydrogen-bond acceptors (Lipinski definition) is 8. The van der Waals surface area contributed by atoms with E-state index in [4.69, 9.17) is 0 Å². The second kappa shape index (κ2) is 7.00. The molecule has 0 aliphatic rings. The minimum absolute atomic E-state index is 0.542. The fraction of sp³-hybridized carbons (Fsp3) is 0.364. The summed E-state index contributed by atoms with van der Waals surface area (Å²) in [6.45, 7) is 0.583. The lowest BCUT2D eigenvalue weighted by Crippen LogP contribution is -2.35. The average molecular weight is 386 g/mol. The van der Waals surface area contributed by atoms with E-state index in [1.54, 1.807) is 0 Å². The average Bonchev–Trinajstić information content (AvgIpc) is 2.45.